The molecule has 2 aromatic rings. The molecule has 1 N–H and O–H groups in total. The van der Waals surface area contributed by atoms with Crippen LogP contribution in [0.4, 0.5) is 18.0 Å². The fraction of sp³-hybridized carbons (Fsp3) is 0.316. The highest BCUT2D eigenvalue weighted by atomic mass is 32.2. The first kappa shape index (κ1) is 21.0. The fourth-order valence-electron chi connectivity index (χ4n) is 3.13. The number of nitrogens with zero attached hydrogens (tertiary/aromatic N) is 1. The number of urea groups is 1. The number of alkyl halides is 3. The van der Waals surface area contributed by atoms with Crippen molar-refractivity contribution in [3.05, 3.63) is 60.2 Å². The molecule has 10 heteroatoms. The van der Waals surface area contributed by atoms with E-state index in [2.05, 4.69) is 10.1 Å². The van der Waals surface area contributed by atoms with E-state index in [9.17, 15) is 26.4 Å². The van der Waals surface area contributed by atoms with E-state index in [0.29, 0.717) is 6.42 Å². The fourth-order valence-corrected chi connectivity index (χ4v) is 4.84. The summed E-state index contributed by atoms with van der Waals surface area (Å²) < 4.78 is 66.8. The SMILES string of the molecule is O=C(NCc1ccccc1OC(F)(F)F)N1CCC(S(=O)(=O)c2ccccc2)C1. The molecule has 2 amide bonds. The van der Waals surface area contributed by atoms with E-state index >= 15 is 0 Å². The zero-order chi connectivity index (χ0) is 21.1. The Bertz CT molecular complexity index is 965. The Morgan fingerprint density at radius 2 is 1.76 bits per heavy atom. The number of halogens is 3. The highest BCUT2D eigenvalue weighted by Crippen LogP contribution is 2.27. The summed E-state index contributed by atoms with van der Waals surface area (Å²) in [5.41, 5.74) is 0.158. The minimum absolute atomic E-state index is 0.0176. The van der Waals surface area contributed by atoms with Gasteiger partial charge in [-0.05, 0) is 24.6 Å². The largest absolute Gasteiger partial charge is 0.573 e. The third kappa shape index (κ3) is 5.20. The van der Waals surface area contributed by atoms with Gasteiger partial charge in [-0.15, -0.1) is 13.2 Å². The molecule has 29 heavy (non-hydrogen) atoms. The average Bonchev–Trinajstić information content (AvgIpc) is 3.18. The number of rotatable bonds is 5. The lowest BCUT2D eigenvalue weighted by Gasteiger charge is -2.19. The molecule has 0 radical (unpaired) electrons. The topological polar surface area (TPSA) is 75.7 Å². The van der Waals surface area contributed by atoms with Gasteiger partial charge in [0.2, 0.25) is 0 Å². The van der Waals surface area contributed by atoms with E-state index < -0.39 is 33.2 Å². The van der Waals surface area contributed by atoms with Gasteiger partial charge in [-0.1, -0.05) is 36.4 Å². The summed E-state index contributed by atoms with van der Waals surface area (Å²) in [7, 11) is -3.57. The lowest BCUT2D eigenvalue weighted by Crippen LogP contribution is -2.39. The van der Waals surface area contributed by atoms with Crippen molar-refractivity contribution in [3.8, 4) is 5.75 Å². The Balaban J connectivity index is 1.61. The van der Waals surface area contributed by atoms with Crippen LogP contribution >= 0.6 is 0 Å². The van der Waals surface area contributed by atoms with E-state index in [1.807, 2.05) is 0 Å². The Labute approximate surface area is 166 Å². The minimum atomic E-state index is -4.84. The predicted octanol–water partition coefficient (Wildman–Crippen LogP) is 3.34. The zero-order valence-electron chi connectivity index (χ0n) is 15.2. The van der Waals surface area contributed by atoms with E-state index in [4.69, 9.17) is 0 Å². The van der Waals surface area contributed by atoms with Crippen LogP contribution in [0.1, 0.15) is 12.0 Å². The third-order valence-electron chi connectivity index (χ3n) is 4.57. The number of amides is 2. The quantitative estimate of drug-likeness (QED) is 0.793. The van der Waals surface area contributed by atoms with Gasteiger partial charge in [0.25, 0.3) is 0 Å². The number of carbonyl (C=O) groups is 1. The van der Waals surface area contributed by atoms with Crippen molar-refractivity contribution < 1.29 is 31.1 Å². The highest BCUT2D eigenvalue weighted by molar-refractivity contribution is 7.92. The molecule has 0 saturated carbocycles. The first-order valence-corrected chi connectivity index (χ1v) is 10.4. The van der Waals surface area contributed by atoms with E-state index in [1.54, 1.807) is 18.2 Å². The van der Waals surface area contributed by atoms with Crippen molar-refractivity contribution in [2.45, 2.75) is 29.5 Å². The van der Waals surface area contributed by atoms with Crippen molar-refractivity contribution in [2.24, 2.45) is 0 Å². The molecule has 0 aliphatic carbocycles. The molecular formula is C19H19F3N2O4S. The van der Waals surface area contributed by atoms with Crippen LogP contribution < -0.4 is 10.1 Å². The van der Waals surface area contributed by atoms with Crippen molar-refractivity contribution in [1.29, 1.82) is 0 Å². The lowest BCUT2D eigenvalue weighted by atomic mass is 10.2. The van der Waals surface area contributed by atoms with Gasteiger partial charge in [0.1, 0.15) is 5.75 Å². The van der Waals surface area contributed by atoms with Gasteiger partial charge in [-0.2, -0.15) is 0 Å². The van der Waals surface area contributed by atoms with Gasteiger partial charge in [0, 0.05) is 25.2 Å². The number of hydrogen-bond donors (Lipinski definition) is 1. The number of nitrogens with one attached hydrogen (secondary N) is 1. The standard InChI is InChI=1S/C19H19F3N2O4S/c20-19(21,22)28-17-9-5-4-6-14(17)12-23-18(25)24-11-10-16(13-24)29(26,27)15-7-2-1-3-8-15/h1-9,16H,10-13H2,(H,23,25). The van der Waals surface area contributed by atoms with Gasteiger partial charge < -0.3 is 15.0 Å². The molecule has 1 fully saturated rings. The summed E-state index contributed by atoms with van der Waals surface area (Å²) >= 11 is 0. The Hall–Kier alpha value is -2.75. The van der Waals surface area contributed by atoms with Crippen LogP contribution in [0, 0.1) is 0 Å². The molecule has 0 bridgehead atoms. The number of ether oxygens (including phenoxy) is 1. The molecule has 1 heterocycles. The van der Waals surface area contributed by atoms with Crippen LogP contribution in [0.2, 0.25) is 0 Å². The van der Waals surface area contributed by atoms with E-state index in [1.165, 1.54) is 35.2 Å². The van der Waals surface area contributed by atoms with Crippen LogP contribution in [-0.4, -0.2) is 44.1 Å². The molecule has 1 aliphatic heterocycles. The highest BCUT2D eigenvalue weighted by Gasteiger charge is 2.36. The Kier molecular flexibility index (Phi) is 6.02. The molecule has 2 aromatic carbocycles. The summed E-state index contributed by atoms with van der Waals surface area (Å²) in [6, 6.07) is 13.0. The van der Waals surface area contributed by atoms with Crippen LogP contribution in [-0.2, 0) is 16.4 Å². The third-order valence-corrected chi connectivity index (χ3v) is 6.76. The smallest absolute Gasteiger partial charge is 0.405 e. The first-order chi connectivity index (χ1) is 13.7. The Morgan fingerprint density at radius 1 is 1.10 bits per heavy atom. The van der Waals surface area contributed by atoms with Crippen molar-refractivity contribution in [2.75, 3.05) is 13.1 Å². The normalized spacial score (nSPS) is 17.2. The second-order valence-corrected chi connectivity index (χ2v) is 8.76. The lowest BCUT2D eigenvalue weighted by molar-refractivity contribution is -0.274. The molecule has 6 nitrogen and oxygen atoms in total. The van der Waals surface area contributed by atoms with Gasteiger partial charge in [-0.3, -0.25) is 0 Å². The second-order valence-electron chi connectivity index (χ2n) is 6.53. The van der Waals surface area contributed by atoms with Crippen molar-refractivity contribution in [3.63, 3.8) is 0 Å². The monoisotopic (exact) mass is 428 g/mol. The van der Waals surface area contributed by atoms with Gasteiger partial charge in [-0.25, -0.2) is 13.2 Å². The minimum Gasteiger partial charge on any atom is -0.405 e. The summed E-state index contributed by atoms with van der Waals surface area (Å²) in [5.74, 6) is -0.397. The van der Waals surface area contributed by atoms with E-state index in [0.717, 1.165) is 6.07 Å². The molecule has 1 atom stereocenters. The summed E-state index contributed by atoms with van der Waals surface area (Å²) in [5, 5.41) is 1.80. The summed E-state index contributed by atoms with van der Waals surface area (Å²) in [6.07, 6.45) is -4.55. The molecule has 1 aliphatic rings. The molecule has 1 saturated heterocycles. The van der Waals surface area contributed by atoms with E-state index in [-0.39, 0.29) is 30.1 Å². The average molecular weight is 428 g/mol. The maximum absolute atomic E-state index is 12.7. The molecule has 0 aromatic heterocycles. The van der Waals surface area contributed by atoms with Gasteiger partial charge in [0.15, 0.2) is 9.84 Å². The second kappa shape index (κ2) is 8.32. The molecular weight excluding hydrogens is 409 g/mol. The number of para-hydroxylation sites is 1. The van der Waals surface area contributed by atoms with Crippen LogP contribution in [0.25, 0.3) is 0 Å². The van der Waals surface area contributed by atoms with Crippen molar-refractivity contribution >= 4 is 15.9 Å². The predicted molar refractivity (Wildman–Crippen MR) is 99.0 cm³/mol. The Morgan fingerprint density at radius 3 is 2.45 bits per heavy atom. The van der Waals surface area contributed by atoms with Crippen molar-refractivity contribution in [1.82, 2.24) is 10.2 Å². The summed E-state index contributed by atoms with van der Waals surface area (Å²) in [6.45, 7) is 0.0741. The number of benzene rings is 2. The molecule has 0 spiro atoms. The molecule has 156 valence electrons. The van der Waals surface area contributed by atoms with Crippen LogP contribution in [0.5, 0.6) is 5.75 Å². The molecule has 3 rings (SSSR count). The first-order valence-electron chi connectivity index (χ1n) is 8.82. The van der Waals surface area contributed by atoms with Gasteiger partial charge >= 0.3 is 12.4 Å². The van der Waals surface area contributed by atoms with Crippen LogP contribution in [0.3, 0.4) is 0 Å². The number of carbonyl (C=O) groups excluding carboxylic acids is 1. The van der Waals surface area contributed by atoms with Gasteiger partial charge in [0.05, 0.1) is 10.1 Å². The van der Waals surface area contributed by atoms with Crippen LogP contribution in [0.15, 0.2) is 59.5 Å². The number of sulfone groups is 1. The maximum atomic E-state index is 12.7. The number of likely N-dealkylation sites (tertiary alicyclic amines) is 1. The summed E-state index contributed by atoms with van der Waals surface area (Å²) in [4.78, 5) is 13.9. The zero-order valence-corrected chi connectivity index (χ0v) is 16.0. The maximum Gasteiger partial charge on any atom is 0.573 e. The molecule has 1 unspecified atom stereocenters. The number of hydrogen-bond acceptors (Lipinski definition) is 4.